The molecule has 4 aliphatic rings. The first-order chi connectivity index (χ1) is 10.6. The number of rotatable bonds is 1. The topological polar surface area (TPSA) is 17.1 Å². The van der Waals surface area contributed by atoms with Crippen LogP contribution in [0.3, 0.4) is 0 Å². The summed E-state index contributed by atoms with van der Waals surface area (Å²) in [5, 5.41) is 0. The van der Waals surface area contributed by atoms with Gasteiger partial charge in [-0.05, 0) is 79.3 Å². The zero-order valence-corrected chi connectivity index (χ0v) is 14.0. The maximum Gasteiger partial charge on any atom is 0.155 e. The molecule has 4 rings (SSSR count). The molecule has 1 nitrogen and oxygen atoms in total. The van der Waals surface area contributed by atoms with Gasteiger partial charge in [-0.15, -0.1) is 0 Å². The van der Waals surface area contributed by atoms with Crippen molar-refractivity contribution in [2.24, 2.45) is 29.1 Å². The van der Waals surface area contributed by atoms with Crippen molar-refractivity contribution in [3.63, 3.8) is 0 Å². The van der Waals surface area contributed by atoms with E-state index in [1.54, 1.807) is 5.57 Å². The third-order valence-corrected chi connectivity index (χ3v) is 7.17. The van der Waals surface area contributed by atoms with Crippen molar-refractivity contribution < 1.29 is 4.79 Å². The minimum atomic E-state index is 0.337. The Morgan fingerprint density at radius 2 is 2.14 bits per heavy atom. The number of ketones is 1. The Kier molecular flexibility index (Phi) is 3.43. The molecule has 118 valence electrons. The number of hydrogen-bond acceptors (Lipinski definition) is 1. The maximum atomic E-state index is 11.7. The molecule has 2 saturated carbocycles. The third-order valence-electron chi connectivity index (χ3n) is 7.17. The standard InChI is InChI=1S/C21H28O/c1-3-4-15-6-10-20-19-8-5-14-13-16(22)7-9-17(14)18(19)11-12-21(15,20)2/h4-5,8,13,17-20H,3,6-7,9-12H2,1-2H3/b15-4-. The molecule has 5 atom stereocenters. The quantitative estimate of drug-likeness (QED) is 0.605. The van der Waals surface area contributed by atoms with E-state index in [4.69, 9.17) is 0 Å². The van der Waals surface area contributed by atoms with Gasteiger partial charge >= 0.3 is 0 Å². The highest BCUT2D eigenvalue weighted by Crippen LogP contribution is 2.62. The monoisotopic (exact) mass is 296 g/mol. The number of allylic oxidation sites excluding steroid dienone is 6. The fourth-order valence-electron chi connectivity index (χ4n) is 6.09. The molecule has 4 aliphatic carbocycles. The minimum Gasteiger partial charge on any atom is -0.295 e. The molecule has 0 bridgehead atoms. The summed E-state index contributed by atoms with van der Waals surface area (Å²) in [6.45, 7) is 4.80. The fraction of sp³-hybridized carbons (Fsp3) is 0.667. The first-order valence-electron chi connectivity index (χ1n) is 9.25. The van der Waals surface area contributed by atoms with Gasteiger partial charge in [0.05, 0.1) is 0 Å². The molecule has 0 aliphatic heterocycles. The summed E-state index contributed by atoms with van der Waals surface area (Å²) < 4.78 is 0. The van der Waals surface area contributed by atoms with E-state index in [9.17, 15) is 4.79 Å². The molecule has 0 saturated heterocycles. The molecule has 22 heavy (non-hydrogen) atoms. The molecule has 0 radical (unpaired) electrons. The number of carbonyl (C=O) groups excluding carboxylic acids is 1. The number of fused-ring (bicyclic) bond motifs is 5. The average molecular weight is 296 g/mol. The van der Waals surface area contributed by atoms with E-state index in [0.29, 0.717) is 17.1 Å². The normalized spacial score (nSPS) is 45.3. The zero-order chi connectivity index (χ0) is 15.3. The van der Waals surface area contributed by atoms with E-state index in [-0.39, 0.29) is 0 Å². The second-order valence-corrected chi connectivity index (χ2v) is 8.10. The van der Waals surface area contributed by atoms with Crippen LogP contribution in [0.25, 0.3) is 0 Å². The molecule has 0 N–H and O–H groups in total. The number of hydrogen-bond donors (Lipinski definition) is 0. The van der Waals surface area contributed by atoms with Crippen LogP contribution in [0.15, 0.2) is 35.5 Å². The summed E-state index contributed by atoms with van der Waals surface area (Å²) >= 11 is 0. The third kappa shape index (κ3) is 2.01. The Labute approximate surface area is 134 Å². The lowest BCUT2D eigenvalue weighted by Crippen LogP contribution is -2.43. The van der Waals surface area contributed by atoms with Crippen molar-refractivity contribution in [3.05, 3.63) is 35.5 Å². The Hall–Kier alpha value is -1.11. The first-order valence-corrected chi connectivity index (χ1v) is 9.25. The molecule has 1 heteroatoms. The zero-order valence-electron chi connectivity index (χ0n) is 14.0. The van der Waals surface area contributed by atoms with Gasteiger partial charge in [-0.1, -0.05) is 37.6 Å². The lowest BCUT2D eigenvalue weighted by molar-refractivity contribution is -0.115. The number of carbonyl (C=O) groups is 1. The summed E-state index contributed by atoms with van der Waals surface area (Å²) in [5.74, 6) is 3.38. The van der Waals surface area contributed by atoms with Crippen molar-refractivity contribution in [3.8, 4) is 0 Å². The van der Waals surface area contributed by atoms with Crippen molar-refractivity contribution >= 4 is 5.78 Å². The van der Waals surface area contributed by atoms with E-state index in [1.807, 2.05) is 6.08 Å². The Balaban J connectivity index is 1.68. The highest BCUT2D eigenvalue weighted by Gasteiger charge is 2.53. The van der Waals surface area contributed by atoms with Crippen LogP contribution in [-0.4, -0.2) is 5.78 Å². The van der Waals surface area contributed by atoms with Gasteiger partial charge < -0.3 is 0 Å². The predicted octanol–water partition coefficient (Wildman–Crippen LogP) is 5.24. The minimum absolute atomic E-state index is 0.337. The van der Waals surface area contributed by atoms with Crippen LogP contribution in [0, 0.1) is 29.1 Å². The second kappa shape index (κ2) is 5.22. The molecule has 0 aromatic heterocycles. The van der Waals surface area contributed by atoms with Crippen LogP contribution < -0.4 is 0 Å². The summed E-state index contributed by atoms with van der Waals surface area (Å²) in [4.78, 5) is 11.7. The van der Waals surface area contributed by atoms with Gasteiger partial charge in [0.15, 0.2) is 5.78 Å². The molecule has 0 heterocycles. The highest BCUT2D eigenvalue weighted by molar-refractivity contribution is 5.91. The van der Waals surface area contributed by atoms with Crippen molar-refractivity contribution in [2.75, 3.05) is 0 Å². The van der Waals surface area contributed by atoms with Crippen LogP contribution in [0.2, 0.25) is 0 Å². The van der Waals surface area contributed by atoms with E-state index >= 15 is 0 Å². The molecular weight excluding hydrogens is 268 g/mol. The second-order valence-electron chi connectivity index (χ2n) is 8.10. The summed E-state index contributed by atoms with van der Waals surface area (Å²) in [7, 11) is 0. The molecule has 0 spiro atoms. The van der Waals surface area contributed by atoms with Crippen molar-refractivity contribution in [2.45, 2.75) is 58.8 Å². The van der Waals surface area contributed by atoms with Crippen LogP contribution in [0.1, 0.15) is 58.8 Å². The highest BCUT2D eigenvalue weighted by atomic mass is 16.1. The van der Waals surface area contributed by atoms with Crippen LogP contribution in [0.5, 0.6) is 0 Å². The lowest BCUT2D eigenvalue weighted by atomic mass is 9.54. The Bertz CT molecular complexity index is 579. The van der Waals surface area contributed by atoms with Gasteiger partial charge in [-0.3, -0.25) is 4.79 Å². The van der Waals surface area contributed by atoms with Gasteiger partial charge in [-0.25, -0.2) is 0 Å². The predicted molar refractivity (Wildman–Crippen MR) is 90.4 cm³/mol. The Morgan fingerprint density at radius 1 is 1.27 bits per heavy atom. The first kappa shape index (κ1) is 14.5. The summed E-state index contributed by atoms with van der Waals surface area (Å²) in [6, 6.07) is 0. The van der Waals surface area contributed by atoms with Crippen molar-refractivity contribution in [1.29, 1.82) is 0 Å². The lowest BCUT2D eigenvalue weighted by Gasteiger charge is -2.50. The molecule has 0 aromatic carbocycles. The molecule has 2 fully saturated rings. The van der Waals surface area contributed by atoms with Gasteiger partial charge in [0, 0.05) is 6.42 Å². The van der Waals surface area contributed by atoms with Crippen molar-refractivity contribution in [1.82, 2.24) is 0 Å². The molecule has 5 unspecified atom stereocenters. The van der Waals surface area contributed by atoms with Gasteiger partial charge in [0.1, 0.15) is 0 Å². The average Bonchev–Trinajstić information content (AvgIpc) is 2.84. The van der Waals surface area contributed by atoms with Gasteiger partial charge in [-0.2, -0.15) is 0 Å². The molecule has 0 amide bonds. The fourth-order valence-corrected chi connectivity index (χ4v) is 6.09. The molecular formula is C21H28O. The summed E-state index contributed by atoms with van der Waals surface area (Å²) in [5.41, 5.74) is 3.53. The van der Waals surface area contributed by atoms with Crippen LogP contribution >= 0.6 is 0 Å². The Morgan fingerprint density at radius 3 is 2.95 bits per heavy atom. The van der Waals surface area contributed by atoms with E-state index < -0.39 is 0 Å². The van der Waals surface area contributed by atoms with Gasteiger partial charge in [0.2, 0.25) is 0 Å². The smallest absolute Gasteiger partial charge is 0.155 e. The van der Waals surface area contributed by atoms with E-state index in [2.05, 4.69) is 32.1 Å². The SMILES string of the molecule is CC/C=C1/CCC2C3C=CC4=CC(=O)CCC4C3CCC12C. The van der Waals surface area contributed by atoms with E-state index in [0.717, 1.165) is 30.6 Å². The van der Waals surface area contributed by atoms with Gasteiger partial charge in [0.25, 0.3) is 0 Å². The maximum absolute atomic E-state index is 11.7. The largest absolute Gasteiger partial charge is 0.295 e. The molecule has 0 aromatic rings. The summed E-state index contributed by atoms with van der Waals surface area (Å²) in [6.07, 6.45) is 17.7. The van der Waals surface area contributed by atoms with E-state index in [1.165, 1.54) is 37.7 Å². The van der Waals surface area contributed by atoms with Crippen LogP contribution in [0.4, 0.5) is 0 Å². The van der Waals surface area contributed by atoms with Crippen LogP contribution in [-0.2, 0) is 4.79 Å².